The fourth-order valence-electron chi connectivity index (χ4n) is 4.11. The third-order valence-corrected chi connectivity index (χ3v) is 5.81. The number of rotatable bonds is 4. The molecule has 0 fully saturated rings. The van der Waals surface area contributed by atoms with Crippen molar-refractivity contribution in [2.24, 2.45) is 0 Å². The van der Waals surface area contributed by atoms with E-state index < -0.39 is 0 Å². The first kappa shape index (κ1) is 18.2. The summed E-state index contributed by atoms with van der Waals surface area (Å²) in [7, 11) is 0. The highest BCUT2D eigenvalue weighted by molar-refractivity contribution is 6.30. The van der Waals surface area contributed by atoms with Gasteiger partial charge in [-0.15, -0.1) is 0 Å². The molecule has 1 aliphatic rings. The molecule has 0 bridgehead atoms. The van der Waals surface area contributed by atoms with Gasteiger partial charge in [0.2, 0.25) is 0 Å². The lowest BCUT2D eigenvalue weighted by atomic mass is 10.1. The van der Waals surface area contributed by atoms with E-state index >= 15 is 0 Å². The van der Waals surface area contributed by atoms with Gasteiger partial charge in [-0.3, -0.25) is 14.3 Å². The lowest BCUT2D eigenvalue weighted by Gasteiger charge is -2.29. The maximum absolute atomic E-state index is 13.5. The van der Waals surface area contributed by atoms with Gasteiger partial charge in [0.05, 0.1) is 24.0 Å². The third kappa shape index (κ3) is 3.48. The van der Waals surface area contributed by atoms with Gasteiger partial charge in [-0.1, -0.05) is 54.1 Å². The molecular weight excluding hydrogens is 384 g/mol. The summed E-state index contributed by atoms with van der Waals surface area (Å²) in [5.41, 5.74) is 5.08. The molecule has 0 saturated heterocycles. The van der Waals surface area contributed by atoms with Crippen molar-refractivity contribution < 1.29 is 0 Å². The van der Waals surface area contributed by atoms with Crippen LogP contribution in [0, 0.1) is 0 Å². The number of hydrogen-bond acceptors (Lipinski definition) is 3. The molecule has 146 valence electrons. The molecule has 5 nitrogen and oxygen atoms in total. The van der Waals surface area contributed by atoms with E-state index in [-0.39, 0.29) is 5.56 Å². The molecule has 0 spiro atoms. The van der Waals surface area contributed by atoms with Crippen LogP contribution in [0.3, 0.4) is 0 Å². The van der Waals surface area contributed by atoms with Gasteiger partial charge in [0.15, 0.2) is 0 Å². The van der Waals surface area contributed by atoms with E-state index in [0.29, 0.717) is 18.1 Å². The van der Waals surface area contributed by atoms with Gasteiger partial charge < -0.3 is 0 Å². The molecule has 0 unspecified atom stereocenters. The highest BCUT2D eigenvalue weighted by Gasteiger charge is 2.24. The van der Waals surface area contributed by atoms with E-state index in [2.05, 4.69) is 34.3 Å². The molecule has 0 atom stereocenters. The quantitative estimate of drug-likeness (QED) is 0.520. The van der Waals surface area contributed by atoms with Crippen molar-refractivity contribution in [1.29, 1.82) is 0 Å². The van der Waals surface area contributed by atoms with Crippen molar-refractivity contribution in [2.75, 3.05) is 6.54 Å². The van der Waals surface area contributed by atoms with Crippen LogP contribution in [0.15, 0.2) is 71.7 Å². The Labute approximate surface area is 173 Å². The Morgan fingerprint density at radius 2 is 1.69 bits per heavy atom. The molecular formula is C23H21ClN4O. The Bertz CT molecular complexity index is 1210. The largest absolute Gasteiger partial charge is 0.294 e. The summed E-state index contributed by atoms with van der Waals surface area (Å²) in [4.78, 5) is 15.8. The Morgan fingerprint density at radius 3 is 2.48 bits per heavy atom. The zero-order valence-electron chi connectivity index (χ0n) is 16.0. The topological polar surface area (TPSA) is 42.5 Å². The number of halogens is 1. The van der Waals surface area contributed by atoms with Crippen molar-refractivity contribution in [2.45, 2.75) is 26.1 Å². The van der Waals surface area contributed by atoms with Gasteiger partial charge in [-0.05, 0) is 23.3 Å². The highest BCUT2D eigenvalue weighted by atomic mass is 35.5. The van der Waals surface area contributed by atoms with Crippen LogP contribution in [0.4, 0.5) is 0 Å². The molecule has 4 aromatic rings. The maximum Gasteiger partial charge on any atom is 0.258 e. The number of hydrogen-bond donors (Lipinski definition) is 0. The van der Waals surface area contributed by atoms with Crippen LogP contribution in [0.5, 0.6) is 0 Å². The highest BCUT2D eigenvalue weighted by Crippen LogP contribution is 2.20. The van der Waals surface area contributed by atoms with Crippen LogP contribution in [-0.2, 0) is 26.1 Å². The molecule has 6 heteroatoms. The summed E-state index contributed by atoms with van der Waals surface area (Å²) in [6.45, 7) is 2.89. The molecule has 2 aromatic heterocycles. The van der Waals surface area contributed by atoms with Crippen LogP contribution in [0.2, 0.25) is 5.02 Å². The lowest BCUT2D eigenvalue weighted by molar-refractivity contribution is 0.239. The first-order chi connectivity index (χ1) is 14.2. The minimum absolute atomic E-state index is 0.0701. The van der Waals surface area contributed by atoms with Crippen LogP contribution < -0.4 is 5.56 Å². The van der Waals surface area contributed by atoms with E-state index in [1.54, 1.807) is 6.20 Å². The minimum atomic E-state index is 0.0701. The molecule has 0 N–H and O–H groups in total. The van der Waals surface area contributed by atoms with Crippen molar-refractivity contribution in [3.05, 3.63) is 105 Å². The third-order valence-electron chi connectivity index (χ3n) is 5.56. The number of nitrogens with zero attached hydrogens (tertiary/aromatic N) is 4. The van der Waals surface area contributed by atoms with Crippen molar-refractivity contribution >= 4 is 17.2 Å². The minimum Gasteiger partial charge on any atom is -0.294 e. The van der Waals surface area contributed by atoms with Gasteiger partial charge in [-0.2, -0.15) is 5.10 Å². The monoisotopic (exact) mass is 404 g/mol. The molecule has 0 aliphatic carbocycles. The van der Waals surface area contributed by atoms with Crippen LogP contribution >= 0.6 is 11.6 Å². The standard InChI is InChI=1S/C23H21ClN4O/c24-19-8-6-18(7-9-19)15-27-22-10-12-25-28(22)21-11-13-26(16-20(21)23(27)29)14-17-4-2-1-3-5-17/h1-10,12H,11,13-16H2. The normalized spacial score (nSPS) is 14.2. The van der Waals surface area contributed by atoms with E-state index in [0.717, 1.165) is 42.0 Å². The second kappa shape index (κ2) is 7.50. The Kier molecular flexibility index (Phi) is 4.70. The maximum atomic E-state index is 13.5. The zero-order chi connectivity index (χ0) is 19.8. The van der Waals surface area contributed by atoms with E-state index in [9.17, 15) is 4.79 Å². The van der Waals surface area contributed by atoms with E-state index in [1.807, 2.05) is 45.5 Å². The van der Waals surface area contributed by atoms with Crippen LogP contribution in [0.1, 0.15) is 22.4 Å². The average Bonchev–Trinajstić information content (AvgIpc) is 3.23. The van der Waals surface area contributed by atoms with E-state index in [4.69, 9.17) is 11.6 Å². The fraction of sp³-hybridized carbons (Fsp3) is 0.217. The summed E-state index contributed by atoms with van der Waals surface area (Å²) in [6.07, 6.45) is 2.58. The van der Waals surface area contributed by atoms with E-state index in [1.165, 1.54) is 5.56 Å². The second-order valence-electron chi connectivity index (χ2n) is 7.49. The fourth-order valence-corrected chi connectivity index (χ4v) is 4.24. The van der Waals surface area contributed by atoms with Gasteiger partial charge in [0.25, 0.3) is 5.56 Å². The molecule has 0 radical (unpaired) electrons. The molecule has 3 heterocycles. The number of fused-ring (bicyclic) bond motifs is 3. The summed E-state index contributed by atoms with van der Waals surface area (Å²) < 4.78 is 3.76. The first-order valence-corrected chi connectivity index (χ1v) is 10.2. The molecule has 29 heavy (non-hydrogen) atoms. The average molecular weight is 405 g/mol. The van der Waals surface area contributed by atoms with Crippen molar-refractivity contribution in [1.82, 2.24) is 19.1 Å². The van der Waals surface area contributed by atoms with Gasteiger partial charge in [0.1, 0.15) is 5.65 Å². The van der Waals surface area contributed by atoms with Crippen LogP contribution in [0.25, 0.3) is 5.65 Å². The number of aromatic nitrogens is 3. The SMILES string of the molecule is O=c1c2c(n3nccc3n1Cc1ccc(Cl)cc1)CCN(Cc1ccccc1)C2. The predicted octanol–water partition coefficient (Wildman–Crippen LogP) is 3.76. The number of benzene rings is 2. The smallest absolute Gasteiger partial charge is 0.258 e. The molecule has 5 rings (SSSR count). The Hall–Kier alpha value is -2.89. The van der Waals surface area contributed by atoms with Crippen molar-refractivity contribution in [3.8, 4) is 0 Å². The zero-order valence-corrected chi connectivity index (χ0v) is 16.7. The molecule has 2 aromatic carbocycles. The van der Waals surface area contributed by atoms with Gasteiger partial charge in [-0.25, -0.2) is 4.52 Å². The van der Waals surface area contributed by atoms with Gasteiger partial charge >= 0.3 is 0 Å². The van der Waals surface area contributed by atoms with Crippen LogP contribution in [-0.4, -0.2) is 25.6 Å². The predicted molar refractivity (Wildman–Crippen MR) is 114 cm³/mol. The summed E-state index contributed by atoms with van der Waals surface area (Å²) in [5, 5.41) is 5.21. The van der Waals surface area contributed by atoms with Gasteiger partial charge in [0, 0.05) is 37.1 Å². The second-order valence-corrected chi connectivity index (χ2v) is 7.93. The Morgan fingerprint density at radius 1 is 0.931 bits per heavy atom. The molecule has 0 amide bonds. The Balaban J connectivity index is 1.53. The molecule has 0 saturated carbocycles. The first-order valence-electron chi connectivity index (χ1n) is 9.78. The summed E-state index contributed by atoms with van der Waals surface area (Å²) >= 11 is 6.01. The molecule has 1 aliphatic heterocycles. The lowest BCUT2D eigenvalue weighted by Crippen LogP contribution is -2.38. The summed E-state index contributed by atoms with van der Waals surface area (Å²) in [5.74, 6) is 0. The summed E-state index contributed by atoms with van der Waals surface area (Å²) in [6, 6.07) is 19.9. The van der Waals surface area contributed by atoms with Crippen molar-refractivity contribution in [3.63, 3.8) is 0 Å².